The number of carbonyl (C=O) groups is 1. The maximum Gasteiger partial charge on any atom is 0.225 e. The summed E-state index contributed by atoms with van der Waals surface area (Å²) in [4.78, 5) is 19.4. The summed E-state index contributed by atoms with van der Waals surface area (Å²) in [5, 5.41) is 7.18. The highest BCUT2D eigenvalue weighted by Crippen LogP contribution is 2.34. The lowest BCUT2D eigenvalue weighted by Crippen LogP contribution is -2.46. The molecule has 2 N–H and O–H groups in total. The lowest BCUT2D eigenvalue weighted by Gasteiger charge is -2.26. The zero-order chi connectivity index (χ0) is 17.6. The van der Waals surface area contributed by atoms with E-state index in [0.717, 1.165) is 50.8 Å². The summed E-state index contributed by atoms with van der Waals surface area (Å²) in [6.45, 7) is 6.85. The van der Waals surface area contributed by atoms with Crippen LogP contribution in [0.1, 0.15) is 71.6 Å². The minimum Gasteiger partial charge on any atom is -0.353 e. The van der Waals surface area contributed by atoms with Gasteiger partial charge in [-0.2, -0.15) is 0 Å². The van der Waals surface area contributed by atoms with Gasteiger partial charge in [-0.25, -0.2) is 0 Å². The maximum atomic E-state index is 12.7. The Morgan fingerprint density at radius 1 is 1.12 bits per heavy atom. The van der Waals surface area contributed by atoms with E-state index in [9.17, 15) is 4.79 Å². The van der Waals surface area contributed by atoms with Crippen molar-refractivity contribution >= 4 is 11.9 Å². The van der Waals surface area contributed by atoms with Crippen LogP contribution in [0.25, 0.3) is 0 Å². The Hall–Kier alpha value is -1.26. The van der Waals surface area contributed by atoms with Crippen LogP contribution in [0.15, 0.2) is 4.99 Å². The first-order chi connectivity index (χ1) is 12.2. The third-order valence-corrected chi connectivity index (χ3v) is 6.02. The van der Waals surface area contributed by atoms with Gasteiger partial charge in [0.2, 0.25) is 5.91 Å². The predicted molar refractivity (Wildman–Crippen MR) is 103 cm³/mol. The molecular weight excluding hydrogens is 312 g/mol. The van der Waals surface area contributed by atoms with Crippen LogP contribution in [0.3, 0.4) is 0 Å². The standard InChI is InChI=1S/C20H36N4O/c1-3-8-16-13-18(16)23-20(21-4-2)22-17-11-12-24(14-17)19(25)15-9-6-5-7-10-15/h15-18H,3-14H2,1-2H3,(H2,21,22,23). The van der Waals surface area contributed by atoms with Crippen LogP contribution in [0.2, 0.25) is 0 Å². The van der Waals surface area contributed by atoms with Gasteiger partial charge in [0, 0.05) is 37.6 Å². The number of rotatable bonds is 6. The molecule has 2 saturated carbocycles. The molecule has 5 nitrogen and oxygen atoms in total. The third kappa shape index (κ3) is 5.11. The zero-order valence-corrected chi connectivity index (χ0v) is 16.1. The summed E-state index contributed by atoms with van der Waals surface area (Å²) >= 11 is 0. The van der Waals surface area contributed by atoms with Gasteiger partial charge in [0.15, 0.2) is 5.96 Å². The second-order valence-corrected chi connectivity index (χ2v) is 8.11. The SMILES string of the molecule is CCCC1CC1NC(=NCC)NC1CCN(C(=O)C2CCCCC2)C1. The monoisotopic (exact) mass is 348 g/mol. The molecule has 5 heteroatoms. The van der Waals surface area contributed by atoms with Crippen LogP contribution >= 0.6 is 0 Å². The van der Waals surface area contributed by atoms with Crippen molar-refractivity contribution in [2.24, 2.45) is 16.8 Å². The molecule has 3 fully saturated rings. The van der Waals surface area contributed by atoms with E-state index >= 15 is 0 Å². The Balaban J connectivity index is 1.45. The molecule has 3 atom stereocenters. The molecule has 3 aliphatic rings. The fourth-order valence-corrected chi connectivity index (χ4v) is 4.46. The maximum absolute atomic E-state index is 12.7. The van der Waals surface area contributed by atoms with Crippen molar-refractivity contribution in [2.45, 2.75) is 83.7 Å². The van der Waals surface area contributed by atoms with Crippen LogP contribution in [0, 0.1) is 11.8 Å². The normalized spacial score (nSPS) is 30.4. The highest BCUT2D eigenvalue weighted by molar-refractivity contribution is 5.82. The van der Waals surface area contributed by atoms with Gasteiger partial charge in [-0.3, -0.25) is 9.79 Å². The van der Waals surface area contributed by atoms with Crippen LogP contribution < -0.4 is 10.6 Å². The van der Waals surface area contributed by atoms with Crippen molar-refractivity contribution in [1.82, 2.24) is 15.5 Å². The lowest BCUT2D eigenvalue weighted by molar-refractivity contribution is -0.135. The highest BCUT2D eigenvalue weighted by atomic mass is 16.2. The van der Waals surface area contributed by atoms with Crippen molar-refractivity contribution < 1.29 is 4.79 Å². The van der Waals surface area contributed by atoms with E-state index in [4.69, 9.17) is 0 Å². The van der Waals surface area contributed by atoms with Crippen molar-refractivity contribution in [2.75, 3.05) is 19.6 Å². The minimum atomic E-state index is 0.288. The molecule has 25 heavy (non-hydrogen) atoms. The average molecular weight is 349 g/mol. The summed E-state index contributed by atoms with van der Waals surface area (Å²) in [5.41, 5.74) is 0. The first kappa shape index (κ1) is 18.5. The summed E-state index contributed by atoms with van der Waals surface area (Å²) in [5.74, 6) is 2.46. The summed E-state index contributed by atoms with van der Waals surface area (Å²) < 4.78 is 0. The zero-order valence-electron chi connectivity index (χ0n) is 16.1. The quantitative estimate of drug-likeness (QED) is 0.573. The fraction of sp³-hybridized carbons (Fsp3) is 0.900. The summed E-state index contributed by atoms with van der Waals surface area (Å²) in [7, 11) is 0. The predicted octanol–water partition coefficient (Wildman–Crippen LogP) is 2.91. The number of nitrogens with one attached hydrogen (secondary N) is 2. The Morgan fingerprint density at radius 2 is 1.92 bits per heavy atom. The average Bonchev–Trinajstić information content (AvgIpc) is 3.17. The molecule has 0 aromatic rings. The van der Waals surface area contributed by atoms with Crippen molar-refractivity contribution in [3.8, 4) is 0 Å². The molecule has 0 aromatic carbocycles. The molecule has 3 unspecified atom stereocenters. The van der Waals surface area contributed by atoms with E-state index in [1.54, 1.807) is 0 Å². The number of guanidine groups is 1. The summed E-state index contributed by atoms with van der Waals surface area (Å²) in [6.07, 6.45) is 10.8. The Labute approximate surface area is 153 Å². The van der Waals surface area contributed by atoms with Crippen LogP contribution in [0.4, 0.5) is 0 Å². The number of amides is 1. The van der Waals surface area contributed by atoms with Gasteiger partial charge >= 0.3 is 0 Å². The lowest BCUT2D eigenvalue weighted by atomic mass is 9.88. The van der Waals surface area contributed by atoms with E-state index in [0.29, 0.717) is 18.0 Å². The van der Waals surface area contributed by atoms with Crippen molar-refractivity contribution in [3.63, 3.8) is 0 Å². The fourth-order valence-electron chi connectivity index (χ4n) is 4.46. The molecule has 1 aliphatic heterocycles. The highest BCUT2D eigenvalue weighted by Gasteiger charge is 2.37. The van der Waals surface area contributed by atoms with Gasteiger partial charge in [0.25, 0.3) is 0 Å². The van der Waals surface area contributed by atoms with Crippen LogP contribution in [-0.4, -0.2) is 48.5 Å². The van der Waals surface area contributed by atoms with E-state index in [-0.39, 0.29) is 5.92 Å². The number of aliphatic imine (C=N–C) groups is 1. The Bertz CT molecular complexity index is 472. The molecule has 0 aromatic heterocycles. The number of nitrogens with zero attached hydrogens (tertiary/aromatic N) is 2. The molecule has 1 heterocycles. The first-order valence-electron chi connectivity index (χ1n) is 10.6. The smallest absolute Gasteiger partial charge is 0.225 e. The van der Waals surface area contributed by atoms with Crippen molar-refractivity contribution in [1.29, 1.82) is 0 Å². The van der Waals surface area contributed by atoms with E-state index < -0.39 is 0 Å². The Kier molecular flexibility index (Phi) is 6.60. The molecular formula is C20H36N4O. The molecule has 0 radical (unpaired) electrons. The van der Waals surface area contributed by atoms with Gasteiger partial charge in [-0.05, 0) is 44.9 Å². The molecule has 0 bridgehead atoms. The van der Waals surface area contributed by atoms with E-state index in [1.807, 2.05) is 0 Å². The van der Waals surface area contributed by atoms with Gasteiger partial charge < -0.3 is 15.5 Å². The first-order valence-corrected chi connectivity index (χ1v) is 10.6. The number of carbonyl (C=O) groups excluding carboxylic acids is 1. The number of likely N-dealkylation sites (tertiary alicyclic amines) is 1. The van der Waals surface area contributed by atoms with E-state index in [1.165, 1.54) is 38.5 Å². The van der Waals surface area contributed by atoms with Gasteiger partial charge in [-0.15, -0.1) is 0 Å². The molecule has 1 amide bonds. The third-order valence-electron chi connectivity index (χ3n) is 6.02. The van der Waals surface area contributed by atoms with Crippen LogP contribution in [0.5, 0.6) is 0 Å². The second kappa shape index (κ2) is 8.91. The van der Waals surface area contributed by atoms with Gasteiger partial charge in [0.05, 0.1) is 0 Å². The number of hydrogen-bond acceptors (Lipinski definition) is 2. The Morgan fingerprint density at radius 3 is 2.64 bits per heavy atom. The van der Waals surface area contributed by atoms with Crippen molar-refractivity contribution in [3.05, 3.63) is 0 Å². The molecule has 2 aliphatic carbocycles. The molecule has 142 valence electrons. The molecule has 3 rings (SSSR count). The summed E-state index contributed by atoms with van der Waals surface area (Å²) in [6, 6.07) is 0.938. The largest absolute Gasteiger partial charge is 0.353 e. The second-order valence-electron chi connectivity index (χ2n) is 8.11. The van der Waals surface area contributed by atoms with E-state index in [2.05, 4.69) is 34.4 Å². The topological polar surface area (TPSA) is 56.7 Å². The van der Waals surface area contributed by atoms with Crippen LogP contribution in [-0.2, 0) is 4.79 Å². The van der Waals surface area contributed by atoms with Gasteiger partial charge in [0.1, 0.15) is 0 Å². The minimum absolute atomic E-state index is 0.288. The number of hydrogen-bond donors (Lipinski definition) is 2. The van der Waals surface area contributed by atoms with Gasteiger partial charge in [-0.1, -0.05) is 32.6 Å². The molecule has 1 saturated heterocycles. The molecule has 0 spiro atoms.